The molecule has 10 aromatic rings. The van der Waals surface area contributed by atoms with Crippen molar-refractivity contribution in [1.29, 1.82) is 0 Å². The summed E-state index contributed by atoms with van der Waals surface area (Å²) in [6, 6.07) is 80.2. The van der Waals surface area contributed by atoms with E-state index < -0.39 is 5.41 Å². The summed E-state index contributed by atoms with van der Waals surface area (Å²) in [6.45, 7) is 2.39. The van der Waals surface area contributed by atoms with Crippen LogP contribution in [0.1, 0.15) is 45.9 Å². The molecule has 9 aromatic carbocycles. The molecule has 0 radical (unpaired) electrons. The molecule has 1 heterocycles. The first-order valence-electron chi connectivity index (χ1n) is 20.5. The number of anilines is 3. The van der Waals surface area contributed by atoms with Gasteiger partial charge in [-0.1, -0.05) is 170 Å². The van der Waals surface area contributed by atoms with Crippen LogP contribution in [0.3, 0.4) is 0 Å². The largest absolute Gasteiger partial charge is 0.456 e. The van der Waals surface area contributed by atoms with Gasteiger partial charge in [0.15, 0.2) is 0 Å². The Labute approximate surface area is 344 Å². The van der Waals surface area contributed by atoms with Crippen LogP contribution in [-0.2, 0) is 10.8 Å². The molecule has 1 atom stereocenters. The Morgan fingerprint density at radius 2 is 0.797 bits per heavy atom. The van der Waals surface area contributed by atoms with E-state index in [-0.39, 0.29) is 5.41 Å². The van der Waals surface area contributed by atoms with Gasteiger partial charge in [0.05, 0.1) is 5.41 Å². The lowest BCUT2D eigenvalue weighted by molar-refractivity contribution is 0.669. The van der Waals surface area contributed by atoms with Gasteiger partial charge in [0, 0.05) is 39.3 Å². The van der Waals surface area contributed by atoms with Crippen molar-refractivity contribution in [2.24, 2.45) is 0 Å². The summed E-state index contributed by atoms with van der Waals surface area (Å²) < 4.78 is 6.56. The van der Waals surface area contributed by atoms with E-state index in [4.69, 9.17) is 4.42 Å². The van der Waals surface area contributed by atoms with Gasteiger partial charge < -0.3 is 9.32 Å². The van der Waals surface area contributed by atoms with E-state index in [0.29, 0.717) is 0 Å². The lowest BCUT2D eigenvalue weighted by Crippen LogP contribution is -2.28. The van der Waals surface area contributed by atoms with Gasteiger partial charge in [-0.05, 0) is 111 Å². The maximum Gasteiger partial charge on any atom is 0.137 e. The molecule has 2 aliphatic rings. The number of fused-ring (bicyclic) bond motifs is 9. The molecule has 0 N–H and O–H groups in total. The van der Waals surface area contributed by atoms with E-state index in [0.717, 1.165) is 39.0 Å². The molecular formula is C57H39NO. The SMILES string of the molecule is CC1(c2ccccc2)c2ccccc2-c2ccc(N(c3ccc4c(c3)C(c3ccccc3)(c3ccccc3)c3ccccc3-4)c3ccc4c(c3)oc3ccccc34)cc21. The fourth-order valence-corrected chi connectivity index (χ4v) is 10.6. The Balaban J connectivity index is 1.13. The van der Waals surface area contributed by atoms with Gasteiger partial charge in [-0.2, -0.15) is 0 Å². The van der Waals surface area contributed by atoms with Gasteiger partial charge >= 0.3 is 0 Å². The molecule has 1 unspecified atom stereocenters. The van der Waals surface area contributed by atoms with E-state index >= 15 is 0 Å². The molecule has 278 valence electrons. The Morgan fingerprint density at radius 1 is 0.339 bits per heavy atom. The third-order valence-corrected chi connectivity index (χ3v) is 13.2. The number of furan rings is 1. The first kappa shape index (κ1) is 33.7. The number of rotatable bonds is 6. The average Bonchev–Trinajstić information content (AvgIpc) is 3.91. The Bertz CT molecular complexity index is 3200. The number of benzene rings is 9. The summed E-state index contributed by atoms with van der Waals surface area (Å²) in [5.74, 6) is 0. The minimum atomic E-state index is -0.524. The molecule has 0 bridgehead atoms. The molecular weight excluding hydrogens is 715 g/mol. The maximum absolute atomic E-state index is 6.56. The van der Waals surface area contributed by atoms with Crippen LogP contribution in [-0.4, -0.2) is 0 Å². The van der Waals surface area contributed by atoms with Gasteiger partial charge in [-0.25, -0.2) is 0 Å². The topological polar surface area (TPSA) is 16.4 Å². The van der Waals surface area contributed by atoms with E-state index in [2.05, 4.69) is 224 Å². The lowest BCUT2D eigenvalue weighted by Gasteiger charge is -2.35. The van der Waals surface area contributed by atoms with Gasteiger partial charge in [0.1, 0.15) is 11.2 Å². The quantitative estimate of drug-likeness (QED) is 0.168. The minimum Gasteiger partial charge on any atom is -0.456 e. The molecule has 1 aromatic heterocycles. The highest BCUT2D eigenvalue weighted by Crippen LogP contribution is 2.58. The second-order valence-corrected chi connectivity index (χ2v) is 16.1. The molecule has 0 saturated carbocycles. The van der Waals surface area contributed by atoms with Crippen molar-refractivity contribution in [1.82, 2.24) is 0 Å². The number of para-hydroxylation sites is 1. The molecule has 12 rings (SSSR count). The molecule has 0 aliphatic heterocycles. The summed E-state index contributed by atoms with van der Waals surface area (Å²) in [6.07, 6.45) is 0. The predicted molar refractivity (Wildman–Crippen MR) is 243 cm³/mol. The average molecular weight is 754 g/mol. The van der Waals surface area contributed by atoms with Crippen molar-refractivity contribution in [3.8, 4) is 22.3 Å². The Kier molecular flexibility index (Phi) is 7.31. The van der Waals surface area contributed by atoms with Crippen LogP contribution in [0.25, 0.3) is 44.2 Å². The van der Waals surface area contributed by atoms with Crippen molar-refractivity contribution in [2.75, 3.05) is 4.90 Å². The summed E-state index contributed by atoms with van der Waals surface area (Å²) in [5, 5.41) is 2.24. The smallest absolute Gasteiger partial charge is 0.137 e. The van der Waals surface area contributed by atoms with Crippen LogP contribution in [0.2, 0.25) is 0 Å². The van der Waals surface area contributed by atoms with E-state index in [9.17, 15) is 0 Å². The molecule has 2 aliphatic carbocycles. The number of hydrogen-bond donors (Lipinski definition) is 0. The van der Waals surface area contributed by atoms with Gasteiger partial charge in [-0.15, -0.1) is 0 Å². The van der Waals surface area contributed by atoms with Crippen molar-refractivity contribution in [3.05, 3.63) is 257 Å². The van der Waals surface area contributed by atoms with Gasteiger partial charge in [0.2, 0.25) is 0 Å². The van der Waals surface area contributed by atoms with E-state index in [1.54, 1.807) is 0 Å². The minimum absolute atomic E-state index is 0.340. The predicted octanol–water partition coefficient (Wildman–Crippen LogP) is 14.8. The van der Waals surface area contributed by atoms with Crippen LogP contribution in [0, 0.1) is 0 Å². The summed E-state index contributed by atoms with van der Waals surface area (Å²) in [4.78, 5) is 2.44. The lowest BCUT2D eigenvalue weighted by atomic mass is 9.67. The number of nitrogens with zero attached hydrogens (tertiary/aromatic N) is 1. The maximum atomic E-state index is 6.56. The molecule has 0 spiro atoms. The van der Waals surface area contributed by atoms with E-state index in [1.807, 2.05) is 6.07 Å². The van der Waals surface area contributed by atoms with Crippen LogP contribution in [0.5, 0.6) is 0 Å². The van der Waals surface area contributed by atoms with Crippen molar-refractivity contribution < 1.29 is 4.42 Å². The van der Waals surface area contributed by atoms with Crippen molar-refractivity contribution in [3.63, 3.8) is 0 Å². The summed E-state index contributed by atoms with van der Waals surface area (Å²) in [5.41, 5.74) is 18.2. The van der Waals surface area contributed by atoms with Gasteiger partial charge in [0.25, 0.3) is 0 Å². The highest BCUT2D eigenvalue weighted by atomic mass is 16.3. The number of hydrogen-bond acceptors (Lipinski definition) is 2. The molecule has 2 nitrogen and oxygen atoms in total. The summed E-state index contributed by atoms with van der Waals surface area (Å²) >= 11 is 0. The third-order valence-electron chi connectivity index (χ3n) is 13.2. The van der Waals surface area contributed by atoms with Crippen LogP contribution < -0.4 is 4.90 Å². The molecule has 0 fully saturated rings. The second-order valence-electron chi connectivity index (χ2n) is 16.1. The molecule has 0 saturated heterocycles. The zero-order chi connectivity index (χ0) is 39.1. The second kappa shape index (κ2) is 12.8. The highest BCUT2D eigenvalue weighted by Gasteiger charge is 2.46. The third kappa shape index (κ3) is 4.75. The zero-order valence-electron chi connectivity index (χ0n) is 32.6. The van der Waals surface area contributed by atoms with Gasteiger partial charge in [-0.3, -0.25) is 0 Å². The highest BCUT2D eigenvalue weighted by molar-refractivity contribution is 6.06. The zero-order valence-corrected chi connectivity index (χ0v) is 32.6. The van der Waals surface area contributed by atoms with E-state index in [1.165, 1.54) is 61.2 Å². The first-order valence-corrected chi connectivity index (χ1v) is 20.5. The molecule has 2 heteroatoms. The molecule has 0 amide bonds. The van der Waals surface area contributed by atoms with Crippen molar-refractivity contribution in [2.45, 2.75) is 17.8 Å². The molecule has 59 heavy (non-hydrogen) atoms. The van der Waals surface area contributed by atoms with Crippen LogP contribution in [0.15, 0.2) is 223 Å². The normalized spacial score (nSPS) is 15.7. The van der Waals surface area contributed by atoms with Crippen LogP contribution in [0.4, 0.5) is 17.1 Å². The Hall–Kier alpha value is -7.42. The standard InChI is InChI=1S/C57H39NO/c1-56(38-17-5-2-6-18-38)50-26-14-11-23-44(50)46-32-29-41(35-52(46)56)58(43-31-34-49-48-25-13-16-28-54(48)59-55(49)37-43)42-30-33-47-45-24-12-15-27-51(45)57(53(47)36-42,39-19-7-3-8-20-39)40-21-9-4-10-22-40/h2-37H,1H3. The Morgan fingerprint density at radius 3 is 1.47 bits per heavy atom. The fourth-order valence-electron chi connectivity index (χ4n) is 10.6. The summed E-state index contributed by atoms with van der Waals surface area (Å²) in [7, 11) is 0. The first-order chi connectivity index (χ1) is 29.1. The van der Waals surface area contributed by atoms with Crippen molar-refractivity contribution >= 4 is 39.0 Å². The van der Waals surface area contributed by atoms with Crippen LogP contribution >= 0.6 is 0 Å². The monoisotopic (exact) mass is 753 g/mol. The fraction of sp³-hybridized carbons (Fsp3) is 0.0526.